The number of Topliss-reactive ketones (excluding diaryl/α,β-unsaturated/α-hetero) is 1. The lowest BCUT2D eigenvalue weighted by molar-refractivity contribution is -0.126. The maximum Gasteiger partial charge on any atom is 0.136 e. The number of halogens is 2. The Kier molecular flexibility index (Phi) is 2.35. The Morgan fingerprint density at radius 3 is 2.53 bits per heavy atom. The third-order valence-corrected chi connectivity index (χ3v) is 3.08. The number of nitriles is 1. The maximum atomic E-state index is 13.1. The molecule has 0 unspecified atom stereocenters. The lowest BCUT2D eigenvalue weighted by atomic mass is 9.65. The standard InChI is InChI=1S/C11H7BrFNO/c12-8-1-7(2-9(13)3-8)11(6-14)4-10(15)5-11/h1-3H,4-5H2. The molecule has 1 aromatic rings. The van der Waals surface area contributed by atoms with E-state index in [1.54, 1.807) is 6.07 Å². The zero-order chi connectivity index (χ0) is 11.1. The van der Waals surface area contributed by atoms with E-state index < -0.39 is 11.2 Å². The number of hydrogen-bond acceptors (Lipinski definition) is 2. The Morgan fingerprint density at radius 1 is 1.40 bits per heavy atom. The summed E-state index contributed by atoms with van der Waals surface area (Å²) in [6.07, 6.45) is 0.388. The highest BCUT2D eigenvalue weighted by atomic mass is 79.9. The Bertz CT molecular complexity index is 450. The predicted octanol–water partition coefficient (Wildman–Crippen LogP) is 2.71. The predicted molar refractivity (Wildman–Crippen MR) is 55.6 cm³/mol. The average molecular weight is 268 g/mol. The highest BCUT2D eigenvalue weighted by molar-refractivity contribution is 9.10. The number of carbonyl (C=O) groups is 1. The topological polar surface area (TPSA) is 40.9 Å². The van der Waals surface area contributed by atoms with Crippen molar-refractivity contribution in [3.8, 4) is 6.07 Å². The first-order chi connectivity index (χ1) is 7.05. The molecule has 0 bridgehead atoms. The first kappa shape index (κ1) is 10.3. The summed E-state index contributed by atoms with van der Waals surface area (Å²) >= 11 is 3.17. The fourth-order valence-electron chi connectivity index (χ4n) is 1.80. The quantitative estimate of drug-likeness (QED) is 0.785. The summed E-state index contributed by atoms with van der Waals surface area (Å²) in [6.45, 7) is 0. The van der Waals surface area contributed by atoms with Crippen LogP contribution in [-0.4, -0.2) is 5.78 Å². The van der Waals surface area contributed by atoms with Gasteiger partial charge in [0, 0.05) is 17.3 Å². The van der Waals surface area contributed by atoms with Crippen LogP contribution in [0.4, 0.5) is 4.39 Å². The van der Waals surface area contributed by atoms with Crippen LogP contribution in [0.15, 0.2) is 22.7 Å². The zero-order valence-electron chi connectivity index (χ0n) is 7.76. The lowest BCUT2D eigenvalue weighted by Crippen LogP contribution is -2.40. The number of nitrogens with zero attached hydrogens (tertiary/aromatic N) is 1. The Hall–Kier alpha value is -1.21. The molecule has 0 aromatic heterocycles. The molecule has 1 aliphatic rings. The van der Waals surface area contributed by atoms with Crippen molar-refractivity contribution >= 4 is 21.7 Å². The van der Waals surface area contributed by atoms with Crippen LogP contribution < -0.4 is 0 Å². The molecule has 76 valence electrons. The van der Waals surface area contributed by atoms with E-state index in [1.807, 2.05) is 0 Å². The molecule has 1 aliphatic carbocycles. The molecule has 0 aliphatic heterocycles. The van der Waals surface area contributed by atoms with E-state index in [1.165, 1.54) is 12.1 Å². The van der Waals surface area contributed by atoms with Gasteiger partial charge in [-0.1, -0.05) is 15.9 Å². The van der Waals surface area contributed by atoms with Crippen molar-refractivity contribution in [2.75, 3.05) is 0 Å². The molecule has 4 heteroatoms. The summed E-state index contributed by atoms with van der Waals surface area (Å²) in [5.74, 6) is -0.342. The summed E-state index contributed by atoms with van der Waals surface area (Å²) < 4.78 is 13.7. The van der Waals surface area contributed by atoms with E-state index in [9.17, 15) is 9.18 Å². The molecule has 15 heavy (non-hydrogen) atoms. The van der Waals surface area contributed by atoms with Gasteiger partial charge in [0.1, 0.15) is 11.6 Å². The van der Waals surface area contributed by atoms with Crippen molar-refractivity contribution < 1.29 is 9.18 Å². The second kappa shape index (κ2) is 3.42. The van der Waals surface area contributed by atoms with Crippen molar-refractivity contribution in [3.63, 3.8) is 0 Å². The average Bonchev–Trinajstić information content (AvgIpc) is 2.10. The van der Waals surface area contributed by atoms with Gasteiger partial charge in [0.05, 0.1) is 11.5 Å². The first-order valence-electron chi connectivity index (χ1n) is 4.45. The van der Waals surface area contributed by atoms with Gasteiger partial charge in [-0.3, -0.25) is 4.79 Å². The minimum atomic E-state index is -0.804. The molecule has 0 N–H and O–H groups in total. The third-order valence-electron chi connectivity index (χ3n) is 2.63. The molecule has 1 saturated carbocycles. The number of ketones is 1. The Labute approximate surface area is 94.8 Å². The lowest BCUT2D eigenvalue weighted by Gasteiger charge is -2.34. The first-order valence-corrected chi connectivity index (χ1v) is 5.24. The van der Waals surface area contributed by atoms with Crippen LogP contribution in [0, 0.1) is 17.1 Å². The van der Waals surface area contributed by atoms with Gasteiger partial charge in [0.25, 0.3) is 0 Å². The van der Waals surface area contributed by atoms with Crippen molar-refractivity contribution in [2.45, 2.75) is 18.3 Å². The second-order valence-corrected chi connectivity index (χ2v) is 4.66. The molecule has 0 atom stereocenters. The summed E-state index contributed by atoms with van der Waals surface area (Å²) in [5, 5.41) is 9.05. The summed E-state index contributed by atoms with van der Waals surface area (Å²) in [6, 6.07) is 6.45. The van der Waals surface area contributed by atoms with Crippen LogP contribution in [0.5, 0.6) is 0 Å². The van der Waals surface area contributed by atoms with Crippen LogP contribution in [0.25, 0.3) is 0 Å². The number of rotatable bonds is 1. The van der Waals surface area contributed by atoms with E-state index >= 15 is 0 Å². The molecule has 0 spiro atoms. The van der Waals surface area contributed by atoms with Gasteiger partial charge in [-0.2, -0.15) is 5.26 Å². The van der Waals surface area contributed by atoms with Crippen molar-refractivity contribution in [3.05, 3.63) is 34.1 Å². The normalized spacial score (nSPS) is 18.1. The SMILES string of the molecule is N#CC1(c2cc(F)cc(Br)c2)CC(=O)C1. The molecule has 0 amide bonds. The summed E-state index contributed by atoms with van der Waals surface area (Å²) in [5.41, 5.74) is -0.224. The molecule has 1 aromatic carbocycles. The summed E-state index contributed by atoms with van der Waals surface area (Å²) in [7, 11) is 0. The van der Waals surface area contributed by atoms with Gasteiger partial charge >= 0.3 is 0 Å². The van der Waals surface area contributed by atoms with Gasteiger partial charge in [0.15, 0.2) is 0 Å². The van der Waals surface area contributed by atoms with E-state index in [2.05, 4.69) is 22.0 Å². The van der Waals surface area contributed by atoms with Crippen LogP contribution >= 0.6 is 15.9 Å². The van der Waals surface area contributed by atoms with Crippen LogP contribution in [-0.2, 0) is 10.2 Å². The maximum absolute atomic E-state index is 13.1. The van der Waals surface area contributed by atoms with E-state index in [-0.39, 0.29) is 18.6 Å². The van der Waals surface area contributed by atoms with Crippen LogP contribution in [0.1, 0.15) is 18.4 Å². The fourth-order valence-corrected chi connectivity index (χ4v) is 2.26. The van der Waals surface area contributed by atoms with Gasteiger partial charge in [0.2, 0.25) is 0 Å². The smallest absolute Gasteiger partial charge is 0.136 e. The van der Waals surface area contributed by atoms with Gasteiger partial charge in [-0.25, -0.2) is 4.39 Å². The molecular formula is C11H7BrFNO. The van der Waals surface area contributed by atoms with Crippen molar-refractivity contribution in [1.82, 2.24) is 0 Å². The van der Waals surface area contributed by atoms with Gasteiger partial charge in [-0.05, 0) is 23.8 Å². The van der Waals surface area contributed by atoms with E-state index in [0.717, 1.165) is 0 Å². The van der Waals surface area contributed by atoms with Crippen molar-refractivity contribution in [1.29, 1.82) is 5.26 Å². The van der Waals surface area contributed by atoms with E-state index in [0.29, 0.717) is 10.0 Å². The molecular weight excluding hydrogens is 261 g/mol. The largest absolute Gasteiger partial charge is 0.300 e. The highest BCUT2D eigenvalue weighted by Crippen LogP contribution is 2.41. The molecule has 0 radical (unpaired) electrons. The number of benzene rings is 1. The minimum absolute atomic E-state index is 0.0527. The van der Waals surface area contributed by atoms with E-state index in [4.69, 9.17) is 5.26 Å². The Morgan fingerprint density at radius 2 is 2.07 bits per heavy atom. The number of hydrogen-bond donors (Lipinski definition) is 0. The van der Waals surface area contributed by atoms with Crippen LogP contribution in [0.2, 0.25) is 0 Å². The summed E-state index contributed by atoms with van der Waals surface area (Å²) in [4.78, 5) is 11.0. The molecule has 1 fully saturated rings. The minimum Gasteiger partial charge on any atom is -0.300 e. The molecule has 2 rings (SSSR count). The number of carbonyl (C=O) groups excluding carboxylic acids is 1. The zero-order valence-corrected chi connectivity index (χ0v) is 9.34. The fraction of sp³-hybridized carbons (Fsp3) is 0.273. The molecule has 2 nitrogen and oxygen atoms in total. The molecule has 0 heterocycles. The van der Waals surface area contributed by atoms with Crippen molar-refractivity contribution in [2.24, 2.45) is 0 Å². The molecule has 0 saturated heterocycles. The van der Waals surface area contributed by atoms with Gasteiger partial charge in [-0.15, -0.1) is 0 Å². The Balaban J connectivity index is 2.45. The highest BCUT2D eigenvalue weighted by Gasteiger charge is 2.45. The monoisotopic (exact) mass is 267 g/mol. The second-order valence-electron chi connectivity index (χ2n) is 3.74. The van der Waals surface area contributed by atoms with Crippen LogP contribution in [0.3, 0.4) is 0 Å². The third kappa shape index (κ3) is 1.68. The van der Waals surface area contributed by atoms with Gasteiger partial charge < -0.3 is 0 Å².